The minimum atomic E-state index is -5.03. The fraction of sp³-hybridized carbons (Fsp3) is 0.125. The number of fused-ring (bicyclic) bond motifs is 1. The number of ether oxygens (including phenoxy) is 2. The van der Waals surface area contributed by atoms with Gasteiger partial charge < -0.3 is 20.1 Å². The predicted molar refractivity (Wildman–Crippen MR) is 81.6 cm³/mol. The molecule has 1 aliphatic heterocycles. The van der Waals surface area contributed by atoms with E-state index in [4.69, 9.17) is 9.47 Å². The molecule has 0 unspecified atom stereocenters. The molecular weight excluding hydrogens is 341 g/mol. The summed E-state index contributed by atoms with van der Waals surface area (Å²) < 4.78 is 47.5. The number of para-hydroxylation sites is 2. The molecule has 0 spiro atoms. The molecule has 0 radical (unpaired) electrons. The van der Waals surface area contributed by atoms with Gasteiger partial charge in [-0.2, -0.15) is 13.2 Å². The van der Waals surface area contributed by atoms with Gasteiger partial charge in [-0.15, -0.1) is 0 Å². The number of rotatable bonds is 3. The largest absolute Gasteiger partial charge is 0.471 e. The van der Waals surface area contributed by atoms with Gasteiger partial charge in [-0.05, 0) is 30.3 Å². The van der Waals surface area contributed by atoms with E-state index < -0.39 is 18.0 Å². The van der Waals surface area contributed by atoms with Gasteiger partial charge in [0.25, 0.3) is 5.91 Å². The molecule has 2 amide bonds. The molecule has 6 nitrogen and oxygen atoms in total. The van der Waals surface area contributed by atoms with Crippen LogP contribution in [0.5, 0.6) is 11.5 Å². The fourth-order valence-corrected chi connectivity index (χ4v) is 2.13. The number of halogens is 3. The first-order chi connectivity index (χ1) is 11.8. The first-order valence-corrected chi connectivity index (χ1v) is 7.03. The quantitative estimate of drug-likeness (QED) is 0.890. The third-order valence-corrected chi connectivity index (χ3v) is 3.32. The number of anilines is 2. The van der Waals surface area contributed by atoms with Gasteiger partial charge >= 0.3 is 12.1 Å². The maximum Gasteiger partial charge on any atom is 0.471 e. The molecule has 0 aromatic heterocycles. The second kappa shape index (κ2) is 6.34. The molecule has 2 aromatic rings. The molecule has 1 heterocycles. The van der Waals surface area contributed by atoms with Crippen molar-refractivity contribution in [2.45, 2.75) is 6.18 Å². The number of alkyl halides is 3. The summed E-state index contributed by atoms with van der Waals surface area (Å²) in [6.45, 7) is 0.0483. The van der Waals surface area contributed by atoms with Crippen molar-refractivity contribution in [3.05, 3.63) is 48.0 Å². The van der Waals surface area contributed by atoms with Crippen LogP contribution in [0.2, 0.25) is 0 Å². The van der Waals surface area contributed by atoms with E-state index in [1.165, 1.54) is 36.4 Å². The van der Waals surface area contributed by atoms with E-state index in [0.29, 0.717) is 11.5 Å². The summed E-state index contributed by atoms with van der Waals surface area (Å²) in [5.41, 5.74) is 0.0860. The zero-order valence-corrected chi connectivity index (χ0v) is 12.5. The summed E-state index contributed by atoms with van der Waals surface area (Å²) in [6, 6.07) is 10.1. The molecule has 9 heteroatoms. The zero-order chi connectivity index (χ0) is 18.0. The Morgan fingerprint density at radius 2 is 1.56 bits per heavy atom. The summed E-state index contributed by atoms with van der Waals surface area (Å²) >= 11 is 0. The van der Waals surface area contributed by atoms with Crippen molar-refractivity contribution in [1.29, 1.82) is 0 Å². The van der Waals surface area contributed by atoms with Crippen LogP contribution in [0, 0.1) is 0 Å². The van der Waals surface area contributed by atoms with Crippen LogP contribution in [-0.4, -0.2) is 24.8 Å². The van der Waals surface area contributed by atoms with Gasteiger partial charge in [0.2, 0.25) is 6.79 Å². The van der Waals surface area contributed by atoms with Crippen LogP contribution in [0.1, 0.15) is 10.4 Å². The average Bonchev–Trinajstić information content (AvgIpc) is 3.03. The zero-order valence-electron chi connectivity index (χ0n) is 12.5. The van der Waals surface area contributed by atoms with E-state index >= 15 is 0 Å². The molecule has 0 fully saturated rings. The number of nitrogens with one attached hydrogen (secondary N) is 2. The predicted octanol–water partition coefficient (Wildman–Crippen LogP) is 3.17. The first-order valence-electron chi connectivity index (χ1n) is 7.03. The monoisotopic (exact) mass is 352 g/mol. The van der Waals surface area contributed by atoms with Crippen LogP contribution < -0.4 is 20.1 Å². The summed E-state index contributed by atoms with van der Waals surface area (Å²) in [7, 11) is 0. The average molecular weight is 352 g/mol. The van der Waals surface area contributed by atoms with Gasteiger partial charge in [0.05, 0.1) is 11.4 Å². The smallest absolute Gasteiger partial charge is 0.454 e. The van der Waals surface area contributed by atoms with Crippen molar-refractivity contribution < 1.29 is 32.2 Å². The molecule has 0 saturated heterocycles. The van der Waals surface area contributed by atoms with Crippen LogP contribution in [0.3, 0.4) is 0 Å². The highest BCUT2D eigenvalue weighted by Crippen LogP contribution is 2.33. The van der Waals surface area contributed by atoms with E-state index in [0.717, 1.165) is 0 Å². The van der Waals surface area contributed by atoms with Gasteiger partial charge in [0, 0.05) is 5.56 Å². The van der Waals surface area contributed by atoms with Crippen molar-refractivity contribution in [3.8, 4) is 11.5 Å². The molecule has 3 rings (SSSR count). The van der Waals surface area contributed by atoms with Gasteiger partial charge in [-0.25, -0.2) is 0 Å². The molecule has 0 aliphatic carbocycles. The number of hydrogen-bond donors (Lipinski definition) is 2. The topological polar surface area (TPSA) is 76.7 Å². The lowest BCUT2D eigenvalue weighted by Gasteiger charge is -2.13. The Labute approximate surface area is 139 Å². The SMILES string of the molecule is O=C(Nc1ccccc1NC(=O)C(F)(F)F)c1ccc2c(c1)OCO2. The highest BCUT2D eigenvalue weighted by atomic mass is 19.4. The normalized spacial score (nSPS) is 12.6. The first kappa shape index (κ1) is 16.6. The Kier molecular flexibility index (Phi) is 4.22. The number of carbonyl (C=O) groups is 2. The number of carbonyl (C=O) groups excluding carboxylic acids is 2. The van der Waals surface area contributed by atoms with Crippen molar-refractivity contribution in [2.24, 2.45) is 0 Å². The minimum absolute atomic E-state index is 0.0303. The highest BCUT2D eigenvalue weighted by molar-refractivity contribution is 6.08. The van der Waals surface area contributed by atoms with Gasteiger partial charge in [-0.3, -0.25) is 9.59 Å². The number of amides is 2. The third-order valence-electron chi connectivity index (χ3n) is 3.32. The van der Waals surface area contributed by atoms with Crippen LogP contribution in [0.15, 0.2) is 42.5 Å². The molecule has 2 N–H and O–H groups in total. The van der Waals surface area contributed by atoms with Gasteiger partial charge in [0.15, 0.2) is 11.5 Å². The maximum absolute atomic E-state index is 12.4. The molecular formula is C16H11F3N2O4. The van der Waals surface area contributed by atoms with E-state index in [9.17, 15) is 22.8 Å². The second-order valence-electron chi connectivity index (χ2n) is 5.02. The van der Waals surface area contributed by atoms with Gasteiger partial charge in [0.1, 0.15) is 0 Å². The Morgan fingerprint density at radius 1 is 0.920 bits per heavy atom. The number of hydrogen-bond acceptors (Lipinski definition) is 4. The molecule has 0 atom stereocenters. The van der Waals surface area contributed by atoms with Crippen LogP contribution in [0.25, 0.3) is 0 Å². The van der Waals surface area contributed by atoms with Crippen LogP contribution >= 0.6 is 0 Å². The van der Waals surface area contributed by atoms with E-state index in [1.54, 1.807) is 11.4 Å². The third kappa shape index (κ3) is 3.65. The van der Waals surface area contributed by atoms with Crippen molar-refractivity contribution in [1.82, 2.24) is 0 Å². The summed E-state index contributed by atoms with van der Waals surface area (Å²) in [5.74, 6) is -1.81. The summed E-state index contributed by atoms with van der Waals surface area (Å²) in [4.78, 5) is 23.4. The lowest BCUT2D eigenvalue weighted by Crippen LogP contribution is -2.30. The van der Waals surface area contributed by atoms with Gasteiger partial charge in [-0.1, -0.05) is 12.1 Å². The molecule has 130 valence electrons. The molecule has 0 saturated carbocycles. The van der Waals surface area contributed by atoms with Crippen molar-refractivity contribution in [2.75, 3.05) is 17.4 Å². The van der Waals surface area contributed by atoms with Crippen molar-refractivity contribution >= 4 is 23.2 Å². The lowest BCUT2D eigenvalue weighted by molar-refractivity contribution is -0.167. The van der Waals surface area contributed by atoms with E-state index in [2.05, 4.69) is 5.32 Å². The maximum atomic E-state index is 12.4. The summed E-state index contributed by atoms with van der Waals surface area (Å²) in [5, 5.41) is 4.18. The Hall–Kier alpha value is -3.23. The standard InChI is InChI=1S/C16H11F3N2O4/c17-16(18,19)15(23)21-11-4-2-1-3-10(11)20-14(22)9-5-6-12-13(7-9)25-8-24-12/h1-7H,8H2,(H,20,22)(H,21,23). The highest BCUT2D eigenvalue weighted by Gasteiger charge is 2.39. The van der Waals surface area contributed by atoms with E-state index in [1.807, 2.05) is 0 Å². The van der Waals surface area contributed by atoms with Crippen LogP contribution in [0.4, 0.5) is 24.5 Å². The van der Waals surface area contributed by atoms with Crippen LogP contribution in [-0.2, 0) is 4.79 Å². The molecule has 0 bridgehead atoms. The second-order valence-corrected chi connectivity index (χ2v) is 5.02. The Balaban J connectivity index is 1.79. The molecule has 25 heavy (non-hydrogen) atoms. The Bertz CT molecular complexity index is 836. The summed E-state index contributed by atoms with van der Waals surface area (Å²) in [6.07, 6.45) is -5.03. The Morgan fingerprint density at radius 3 is 2.24 bits per heavy atom. The van der Waals surface area contributed by atoms with E-state index in [-0.39, 0.29) is 23.7 Å². The fourth-order valence-electron chi connectivity index (χ4n) is 2.13. The minimum Gasteiger partial charge on any atom is -0.454 e. The molecule has 2 aromatic carbocycles. The van der Waals surface area contributed by atoms with Crippen molar-refractivity contribution in [3.63, 3.8) is 0 Å². The molecule has 1 aliphatic rings. The number of benzene rings is 2. The lowest BCUT2D eigenvalue weighted by atomic mass is 10.1.